The third-order valence-electron chi connectivity index (χ3n) is 3.34. The summed E-state index contributed by atoms with van der Waals surface area (Å²) < 4.78 is 5.45. The summed E-state index contributed by atoms with van der Waals surface area (Å²) >= 11 is 1.93. The van der Waals surface area contributed by atoms with Crippen LogP contribution in [0.25, 0.3) is 0 Å². The Morgan fingerprint density at radius 3 is 2.78 bits per heavy atom. The fourth-order valence-corrected chi connectivity index (χ4v) is 3.51. The van der Waals surface area contributed by atoms with E-state index in [0.29, 0.717) is 5.25 Å². The van der Waals surface area contributed by atoms with E-state index in [4.69, 9.17) is 4.74 Å². The first-order chi connectivity index (χ1) is 8.81. The molecule has 106 valence electrons. The van der Waals surface area contributed by atoms with Crippen molar-refractivity contribution in [2.75, 3.05) is 26.3 Å². The molecule has 0 saturated heterocycles. The maximum absolute atomic E-state index is 5.45. The van der Waals surface area contributed by atoms with Gasteiger partial charge in [0.05, 0.1) is 6.54 Å². The van der Waals surface area contributed by atoms with Crippen LogP contribution in [0.1, 0.15) is 46.5 Å². The summed E-state index contributed by atoms with van der Waals surface area (Å²) in [6.07, 6.45) is 4.70. The van der Waals surface area contributed by atoms with Crippen LogP contribution in [-0.4, -0.2) is 36.7 Å². The van der Waals surface area contributed by atoms with E-state index in [1.165, 1.54) is 12.8 Å². The van der Waals surface area contributed by atoms with Gasteiger partial charge < -0.3 is 10.1 Å². The van der Waals surface area contributed by atoms with Gasteiger partial charge in [-0.05, 0) is 18.8 Å². The second-order valence-electron chi connectivity index (χ2n) is 4.77. The van der Waals surface area contributed by atoms with Crippen molar-refractivity contribution in [2.24, 2.45) is 10.9 Å². The molecule has 0 spiro atoms. The van der Waals surface area contributed by atoms with E-state index in [1.807, 2.05) is 11.8 Å². The fourth-order valence-electron chi connectivity index (χ4n) is 2.16. The highest BCUT2D eigenvalue weighted by Crippen LogP contribution is 2.30. The molecule has 4 heteroatoms. The molecule has 0 aromatic carbocycles. The maximum atomic E-state index is 5.45. The van der Waals surface area contributed by atoms with Gasteiger partial charge in [0, 0.05) is 25.0 Å². The minimum absolute atomic E-state index is 0.693. The lowest BCUT2D eigenvalue weighted by Gasteiger charge is -2.18. The highest BCUT2D eigenvalue weighted by Gasteiger charge is 2.25. The zero-order valence-electron chi connectivity index (χ0n) is 12.1. The van der Waals surface area contributed by atoms with Crippen LogP contribution in [0.5, 0.6) is 0 Å². The van der Waals surface area contributed by atoms with Crippen LogP contribution in [0.4, 0.5) is 0 Å². The van der Waals surface area contributed by atoms with Gasteiger partial charge in [-0.2, -0.15) is 0 Å². The Hall–Kier alpha value is -0.220. The molecule has 0 aliphatic carbocycles. The molecule has 0 radical (unpaired) electrons. The Balaban J connectivity index is 2.07. The molecule has 0 amide bonds. The molecule has 1 N–H and O–H groups in total. The van der Waals surface area contributed by atoms with Crippen molar-refractivity contribution in [3.8, 4) is 0 Å². The number of nitrogens with zero attached hydrogens (tertiary/aromatic N) is 1. The van der Waals surface area contributed by atoms with E-state index >= 15 is 0 Å². The molecule has 1 atom stereocenters. The Kier molecular flexibility index (Phi) is 8.51. The summed E-state index contributed by atoms with van der Waals surface area (Å²) in [5.41, 5.74) is 0. The summed E-state index contributed by atoms with van der Waals surface area (Å²) in [5.74, 6) is 0.811. The van der Waals surface area contributed by atoms with Gasteiger partial charge >= 0.3 is 0 Å². The Morgan fingerprint density at radius 1 is 1.33 bits per heavy atom. The lowest BCUT2D eigenvalue weighted by atomic mass is 9.99. The minimum Gasteiger partial charge on any atom is -0.381 e. The van der Waals surface area contributed by atoms with E-state index in [9.17, 15) is 0 Å². The molecule has 1 aliphatic rings. The molecule has 0 aromatic heterocycles. The van der Waals surface area contributed by atoms with Crippen molar-refractivity contribution in [2.45, 2.75) is 51.7 Å². The predicted octanol–water partition coefficient (Wildman–Crippen LogP) is 3.30. The van der Waals surface area contributed by atoms with Gasteiger partial charge in [-0.25, -0.2) is 0 Å². The lowest BCUT2D eigenvalue weighted by Crippen LogP contribution is -2.23. The third-order valence-corrected chi connectivity index (χ3v) is 4.68. The quantitative estimate of drug-likeness (QED) is 0.654. The number of amidine groups is 1. The highest BCUT2D eigenvalue weighted by atomic mass is 32.2. The van der Waals surface area contributed by atoms with Crippen molar-refractivity contribution in [1.29, 1.82) is 0 Å². The van der Waals surface area contributed by atoms with Gasteiger partial charge in [-0.15, -0.1) is 0 Å². The summed E-state index contributed by atoms with van der Waals surface area (Å²) in [6, 6.07) is 0. The van der Waals surface area contributed by atoms with Crippen molar-refractivity contribution in [1.82, 2.24) is 5.32 Å². The fraction of sp³-hybridized carbons (Fsp3) is 0.929. The SMILES string of the molecule is CCCOCCCNC1=NCC(C(CC)CC)S1. The first-order valence-electron chi connectivity index (χ1n) is 7.34. The minimum atomic E-state index is 0.693. The number of thioether (sulfide) groups is 1. The topological polar surface area (TPSA) is 33.6 Å². The molecule has 18 heavy (non-hydrogen) atoms. The van der Waals surface area contributed by atoms with Crippen LogP contribution in [0.3, 0.4) is 0 Å². The number of rotatable bonds is 9. The standard InChI is InChI=1S/C14H28N2OS/c1-4-9-17-10-7-8-15-14-16-11-13(18-14)12(5-2)6-3/h12-13H,4-11H2,1-3H3,(H,15,16). The summed E-state index contributed by atoms with van der Waals surface area (Å²) in [4.78, 5) is 4.60. The smallest absolute Gasteiger partial charge is 0.156 e. The number of nitrogens with one attached hydrogen (secondary N) is 1. The maximum Gasteiger partial charge on any atom is 0.156 e. The van der Waals surface area contributed by atoms with Crippen molar-refractivity contribution >= 4 is 16.9 Å². The van der Waals surface area contributed by atoms with E-state index in [2.05, 4.69) is 31.1 Å². The zero-order chi connectivity index (χ0) is 13.2. The van der Waals surface area contributed by atoms with Crippen LogP contribution in [0.2, 0.25) is 0 Å². The van der Waals surface area contributed by atoms with Crippen LogP contribution >= 0.6 is 11.8 Å². The summed E-state index contributed by atoms with van der Waals surface area (Å²) in [5, 5.41) is 5.26. The van der Waals surface area contributed by atoms with E-state index in [0.717, 1.165) is 50.2 Å². The number of hydrogen-bond donors (Lipinski definition) is 1. The van der Waals surface area contributed by atoms with Crippen LogP contribution in [0.15, 0.2) is 4.99 Å². The number of hydrogen-bond acceptors (Lipinski definition) is 4. The van der Waals surface area contributed by atoms with E-state index < -0.39 is 0 Å². The molecule has 1 unspecified atom stereocenters. The van der Waals surface area contributed by atoms with Gasteiger partial charge in [0.25, 0.3) is 0 Å². The Morgan fingerprint density at radius 2 is 2.11 bits per heavy atom. The number of ether oxygens (including phenoxy) is 1. The molecule has 1 aliphatic heterocycles. The van der Waals surface area contributed by atoms with E-state index in [1.54, 1.807) is 0 Å². The molecule has 1 heterocycles. The summed E-state index contributed by atoms with van der Waals surface area (Å²) in [7, 11) is 0. The normalized spacial score (nSPS) is 19.3. The van der Waals surface area contributed by atoms with Gasteiger partial charge in [-0.1, -0.05) is 45.4 Å². The van der Waals surface area contributed by atoms with Gasteiger partial charge in [0.2, 0.25) is 0 Å². The molecular weight excluding hydrogens is 244 g/mol. The average molecular weight is 272 g/mol. The van der Waals surface area contributed by atoms with Gasteiger partial charge in [-0.3, -0.25) is 4.99 Å². The Labute approximate surface area is 116 Å². The second-order valence-corrected chi connectivity index (χ2v) is 6.00. The van der Waals surface area contributed by atoms with Crippen LogP contribution in [0, 0.1) is 5.92 Å². The average Bonchev–Trinajstić information content (AvgIpc) is 2.84. The van der Waals surface area contributed by atoms with Crippen LogP contribution < -0.4 is 5.32 Å². The largest absolute Gasteiger partial charge is 0.381 e. The summed E-state index contributed by atoms with van der Waals surface area (Å²) in [6.45, 7) is 10.4. The lowest BCUT2D eigenvalue weighted by molar-refractivity contribution is 0.133. The van der Waals surface area contributed by atoms with E-state index in [-0.39, 0.29) is 0 Å². The molecule has 0 bridgehead atoms. The van der Waals surface area contributed by atoms with Gasteiger partial charge in [0.1, 0.15) is 0 Å². The van der Waals surface area contributed by atoms with Crippen molar-refractivity contribution < 1.29 is 4.74 Å². The Bertz CT molecular complexity index is 242. The van der Waals surface area contributed by atoms with Crippen molar-refractivity contribution in [3.05, 3.63) is 0 Å². The third kappa shape index (κ3) is 5.61. The van der Waals surface area contributed by atoms with Gasteiger partial charge in [0.15, 0.2) is 5.17 Å². The second kappa shape index (κ2) is 9.68. The molecule has 1 rings (SSSR count). The van der Waals surface area contributed by atoms with Crippen molar-refractivity contribution in [3.63, 3.8) is 0 Å². The molecule has 0 saturated carbocycles. The monoisotopic (exact) mass is 272 g/mol. The first-order valence-corrected chi connectivity index (χ1v) is 8.22. The van der Waals surface area contributed by atoms with Crippen LogP contribution in [-0.2, 0) is 4.74 Å². The molecular formula is C14H28N2OS. The number of aliphatic imine (C=N–C) groups is 1. The molecule has 0 aromatic rings. The first kappa shape index (κ1) is 15.8. The molecule has 0 fully saturated rings. The zero-order valence-corrected chi connectivity index (χ0v) is 12.9. The highest BCUT2D eigenvalue weighted by molar-refractivity contribution is 8.14. The predicted molar refractivity (Wildman–Crippen MR) is 81.5 cm³/mol. The molecule has 3 nitrogen and oxygen atoms in total.